The molecule has 0 bridgehead atoms. The fraction of sp³-hybridized carbons (Fsp3) is 0.500. The quantitative estimate of drug-likeness (QED) is 0.842. The lowest BCUT2D eigenvalue weighted by atomic mass is 9.92. The Kier molecular flexibility index (Phi) is 3.71. The number of alkyl halides is 5. The van der Waals surface area contributed by atoms with Crippen molar-refractivity contribution < 1.29 is 22.0 Å². The molecule has 2 N–H and O–H groups in total. The van der Waals surface area contributed by atoms with Crippen LogP contribution in [0.1, 0.15) is 18.1 Å². The number of nitrogens with two attached hydrogens (primary N) is 1. The number of nitrogens with zero attached hydrogens (tertiary/aromatic N) is 1. The van der Waals surface area contributed by atoms with Crippen molar-refractivity contribution in [2.75, 3.05) is 0 Å². The second kappa shape index (κ2) is 4.56. The van der Waals surface area contributed by atoms with Crippen LogP contribution in [0.3, 0.4) is 0 Å². The third-order valence-corrected chi connectivity index (χ3v) is 2.28. The smallest absolute Gasteiger partial charge is 0.320 e. The van der Waals surface area contributed by atoms with E-state index in [1.54, 1.807) is 0 Å². The predicted molar refractivity (Wildman–Crippen MR) is 51.5 cm³/mol. The van der Waals surface area contributed by atoms with E-state index in [2.05, 4.69) is 4.98 Å². The van der Waals surface area contributed by atoms with Gasteiger partial charge in [0.25, 0.3) is 6.43 Å². The summed E-state index contributed by atoms with van der Waals surface area (Å²) >= 11 is 0. The Morgan fingerprint density at radius 1 is 1.35 bits per heavy atom. The molecule has 0 aromatic carbocycles. The van der Waals surface area contributed by atoms with Gasteiger partial charge in [-0.15, -0.1) is 0 Å². The maximum atomic E-state index is 12.6. The molecule has 0 saturated carbocycles. The zero-order valence-electron chi connectivity index (χ0n) is 8.93. The van der Waals surface area contributed by atoms with Crippen LogP contribution in [0.4, 0.5) is 22.0 Å². The number of aromatic nitrogens is 1. The Balaban J connectivity index is 3.08. The minimum absolute atomic E-state index is 0.328. The summed E-state index contributed by atoms with van der Waals surface area (Å²) < 4.78 is 62.7. The van der Waals surface area contributed by atoms with E-state index in [4.69, 9.17) is 5.73 Å². The van der Waals surface area contributed by atoms with Crippen molar-refractivity contribution in [3.63, 3.8) is 0 Å². The van der Waals surface area contributed by atoms with Crippen molar-refractivity contribution >= 4 is 0 Å². The summed E-state index contributed by atoms with van der Waals surface area (Å²) in [4.78, 5) is 3.50. The number of pyridine rings is 1. The minimum atomic E-state index is -4.60. The molecule has 0 radical (unpaired) electrons. The van der Waals surface area contributed by atoms with Gasteiger partial charge in [-0.2, -0.15) is 13.2 Å². The molecular formula is C10H11F5N2. The molecule has 17 heavy (non-hydrogen) atoms. The van der Waals surface area contributed by atoms with Gasteiger partial charge in [-0.05, 0) is 25.0 Å². The first-order valence-corrected chi connectivity index (χ1v) is 4.71. The Bertz CT molecular complexity index is 387. The van der Waals surface area contributed by atoms with Gasteiger partial charge in [0.15, 0.2) is 0 Å². The largest absolute Gasteiger partial charge is 0.416 e. The molecule has 1 atom stereocenters. The first kappa shape index (κ1) is 13.8. The fourth-order valence-electron chi connectivity index (χ4n) is 1.33. The van der Waals surface area contributed by atoms with Crippen molar-refractivity contribution in [2.45, 2.75) is 31.5 Å². The van der Waals surface area contributed by atoms with E-state index >= 15 is 0 Å². The van der Waals surface area contributed by atoms with Gasteiger partial charge in [0, 0.05) is 12.4 Å². The summed E-state index contributed by atoms with van der Waals surface area (Å²) in [6, 6.07) is 0.747. The zero-order valence-corrected chi connectivity index (χ0v) is 8.93. The van der Waals surface area contributed by atoms with Crippen LogP contribution in [0.5, 0.6) is 0 Å². The van der Waals surface area contributed by atoms with Gasteiger partial charge in [-0.3, -0.25) is 4.98 Å². The molecular weight excluding hydrogens is 243 g/mol. The van der Waals surface area contributed by atoms with Crippen LogP contribution in [-0.2, 0) is 12.6 Å². The summed E-state index contributed by atoms with van der Waals surface area (Å²) in [6.07, 6.45) is -6.23. The first-order chi connectivity index (χ1) is 7.64. The second-order valence-electron chi connectivity index (χ2n) is 4.01. The lowest BCUT2D eigenvalue weighted by Crippen LogP contribution is -2.46. The van der Waals surface area contributed by atoms with E-state index in [-0.39, 0.29) is 5.56 Å². The van der Waals surface area contributed by atoms with Gasteiger partial charge in [-0.25, -0.2) is 8.78 Å². The molecule has 0 aliphatic carbocycles. The minimum Gasteiger partial charge on any atom is -0.320 e. The zero-order chi connectivity index (χ0) is 13.3. The fourth-order valence-corrected chi connectivity index (χ4v) is 1.33. The monoisotopic (exact) mass is 254 g/mol. The van der Waals surface area contributed by atoms with Crippen LogP contribution in [0.2, 0.25) is 0 Å². The molecule has 0 aliphatic heterocycles. The molecule has 1 aromatic rings. The highest BCUT2D eigenvalue weighted by Crippen LogP contribution is 2.33. The van der Waals surface area contributed by atoms with Crippen LogP contribution in [0.15, 0.2) is 18.5 Å². The number of hydrogen-bond acceptors (Lipinski definition) is 2. The lowest BCUT2D eigenvalue weighted by molar-refractivity contribution is -0.138. The summed E-state index contributed by atoms with van der Waals surface area (Å²) in [7, 11) is 0. The molecule has 0 aliphatic rings. The van der Waals surface area contributed by atoms with E-state index in [1.165, 1.54) is 0 Å². The van der Waals surface area contributed by atoms with Crippen LogP contribution in [-0.4, -0.2) is 16.9 Å². The van der Waals surface area contributed by atoms with Crippen LogP contribution >= 0.6 is 0 Å². The predicted octanol–water partition coefficient (Wildman–Crippen LogP) is 2.63. The van der Waals surface area contributed by atoms with Crippen molar-refractivity contribution in [1.29, 1.82) is 0 Å². The molecule has 1 rings (SSSR count). The van der Waals surface area contributed by atoms with Gasteiger partial charge < -0.3 is 5.73 Å². The van der Waals surface area contributed by atoms with Crippen molar-refractivity contribution in [3.8, 4) is 0 Å². The summed E-state index contributed by atoms with van der Waals surface area (Å²) in [5.41, 5.74) is 1.94. The maximum absolute atomic E-state index is 12.6. The molecule has 96 valence electrons. The summed E-state index contributed by atoms with van der Waals surface area (Å²) in [6.45, 7) is 1.00. The molecule has 0 fully saturated rings. The van der Waals surface area contributed by atoms with Crippen molar-refractivity contribution in [3.05, 3.63) is 29.6 Å². The van der Waals surface area contributed by atoms with E-state index in [0.717, 1.165) is 25.4 Å². The second-order valence-corrected chi connectivity index (χ2v) is 4.01. The molecule has 0 spiro atoms. The average Bonchev–Trinajstić information content (AvgIpc) is 2.15. The lowest BCUT2D eigenvalue weighted by Gasteiger charge is -2.24. The molecule has 0 amide bonds. The molecule has 2 nitrogen and oxygen atoms in total. The first-order valence-electron chi connectivity index (χ1n) is 4.71. The topological polar surface area (TPSA) is 38.9 Å². The molecule has 0 saturated heterocycles. The highest BCUT2D eigenvalue weighted by molar-refractivity contribution is 5.28. The third-order valence-electron chi connectivity index (χ3n) is 2.28. The Morgan fingerprint density at radius 3 is 2.41 bits per heavy atom. The Hall–Kier alpha value is -1.24. The molecule has 1 heterocycles. The van der Waals surface area contributed by atoms with Crippen LogP contribution in [0, 0.1) is 0 Å². The molecule has 1 aromatic heterocycles. The highest BCUT2D eigenvalue weighted by Gasteiger charge is 2.37. The SMILES string of the molecule is CC(N)(Cc1cnccc1C(F)(F)F)C(F)F. The standard InChI is InChI=1S/C10H11F5N2/c1-9(16,8(11)12)4-6-5-17-3-2-7(6)10(13,14)15/h2-3,5,8H,4,16H2,1H3. The van der Waals surface area contributed by atoms with Gasteiger partial charge in [0.05, 0.1) is 11.1 Å². The van der Waals surface area contributed by atoms with Gasteiger partial charge in [0.2, 0.25) is 0 Å². The molecule has 1 unspecified atom stereocenters. The summed E-state index contributed by atoms with van der Waals surface area (Å²) in [5, 5.41) is 0. The van der Waals surface area contributed by atoms with Gasteiger partial charge >= 0.3 is 6.18 Å². The Labute approximate surface area is 94.6 Å². The average molecular weight is 254 g/mol. The third kappa shape index (κ3) is 3.36. The van der Waals surface area contributed by atoms with Crippen molar-refractivity contribution in [2.24, 2.45) is 5.73 Å². The van der Waals surface area contributed by atoms with Crippen molar-refractivity contribution in [1.82, 2.24) is 4.98 Å². The van der Waals surface area contributed by atoms with E-state index in [9.17, 15) is 22.0 Å². The van der Waals surface area contributed by atoms with E-state index in [0.29, 0.717) is 0 Å². The number of hydrogen-bond donors (Lipinski definition) is 1. The van der Waals surface area contributed by atoms with E-state index < -0.39 is 30.1 Å². The molecule has 7 heteroatoms. The van der Waals surface area contributed by atoms with Crippen LogP contribution in [0.25, 0.3) is 0 Å². The Morgan fingerprint density at radius 2 is 1.94 bits per heavy atom. The summed E-state index contributed by atoms with van der Waals surface area (Å²) in [5.74, 6) is 0. The van der Waals surface area contributed by atoms with E-state index in [1.807, 2.05) is 0 Å². The normalized spacial score (nSPS) is 16.0. The number of halogens is 5. The van der Waals surface area contributed by atoms with Crippen LogP contribution < -0.4 is 5.73 Å². The number of rotatable bonds is 3. The van der Waals surface area contributed by atoms with Gasteiger partial charge in [0.1, 0.15) is 0 Å². The highest BCUT2D eigenvalue weighted by atomic mass is 19.4. The van der Waals surface area contributed by atoms with Gasteiger partial charge in [-0.1, -0.05) is 0 Å². The maximum Gasteiger partial charge on any atom is 0.416 e.